The number of nitrogens with two attached hydrogens (primary N) is 1. The first-order valence-corrected chi connectivity index (χ1v) is 9.36. The first kappa shape index (κ1) is 23.0. The number of amides is 2. The number of aliphatic hydroxyl groups is 1. The van der Waals surface area contributed by atoms with Crippen LogP contribution >= 0.6 is 11.6 Å². The molecule has 0 saturated carbocycles. The maximum atomic E-state index is 12.8. The zero-order chi connectivity index (χ0) is 21.2. The van der Waals surface area contributed by atoms with Crippen molar-refractivity contribution in [1.82, 2.24) is 0 Å². The number of primary amides is 1. The number of carbonyl (C=O) groups is 2. The van der Waals surface area contributed by atoms with E-state index in [1.807, 2.05) is 0 Å². The molecule has 8 nitrogen and oxygen atoms in total. The highest BCUT2D eigenvalue weighted by Crippen LogP contribution is 2.38. The molecule has 0 spiro atoms. The van der Waals surface area contributed by atoms with Crippen molar-refractivity contribution in [3.05, 3.63) is 17.2 Å². The Morgan fingerprint density at radius 3 is 2.30 bits per heavy atom. The van der Waals surface area contributed by atoms with E-state index in [2.05, 4.69) is 5.32 Å². The number of nitrogens with one attached hydrogen (secondary N) is 2. The molecule has 13 heteroatoms. The van der Waals surface area contributed by atoms with E-state index < -0.39 is 50.7 Å². The van der Waals surface area contributed by atoms with Gasteiger partial charge in [0.2, 0.25) is 11.5 Å². The van der Waals surface area contributed by atoms with Crippen molar-refractivity contribution >= 4 is 44.6 Å². The van der Waals surface area contributed by atoms with Crippen LogP contribution in [0.1, 0.15) is 13.8 Å². The fraction of sp³-hybridized carbons (Fsp3) is 0.429. The van der Waals surface area contributed by atoms with Crippen LogP contribution in [0, 0.1) is 0 Å². The van der Waals surface area contributed by atoms with Crippen LogP contribution in [-0.2, 0) is 19.4 Å². The van der Waals surface area contributed by atoms with Crippen LogP contribution in [0.25, 0.3) is 0 Å². The summed E-state index contributed by atoms with van der Waals surface area (Å²) in [6.07, 6.45) is -5.26. The van der Waals surface area contributed by atoms with Gasteiger partial charge in [0.25, 0.3) is 5.91 Å². The summed E-state index contributed by atoms with van der Waals surface area (Å²) in [5.74, 6) is -3.02. The molecule has 0 bridgehead atoms. The highest BCUT2D eigenvalue weighted by atomic mass is 35.5. The second kappa shape index (κ2) is 7.90. The number of sulfone groups is 1. The van der Waals surface area contributed by atoms with Crippen molar-refractivity contribution in [3.63, 3.8) is 0 Å². The molecule has 0 aromatic heterocycles. The number of carbonyl (C=O) groups excluding carboxylic acids is 2. The number of halogens is 4. The van der Waals surface area contributed by atoms with Crippen molar-refractivity contribution in [3.8, 4) is 0 Å². The quantitative estimate of drug-likeness (QED) is 0.513. The number of alkyl halides is 3. The Labute approximate surface area is 157 Å². The summed E-state index contributed by atoms with van der Waals surface area (Å²) in [4.78, 5) is 22.4. The van der Waals surface area contributed by atoms with Gasteiger partial charge >= 0.3 is 6.18 Å². The second-order valence-electron chi connectivity index (χ2n) is 5.55. The largest absolute Gasteiger partial charge is 0.426 e. The van der Waals surface area contributed by atoms with E-state index in [0.29, 0.717) is 0 Å². The van der Waals surface area contributed by atoms with Crippen molar-refractivity contribution in [1.29, 1.82) is 0 Å². The van der Waals surface area contributed by atoms with Gasteiger partial charge in [0, 0.05) is 0 Å². The normalized spacial score (nSPS) is 14.3. The molecule has 27 heavy (non-hydrogen) atoms. The summed E-state index contributed by atoms with van der Waals surface area (Å²) in [5, 5.41) is 13.1. The van der Waals surface area contributed by atoms with Gasteiger partial charge in [-0.25, -0.2) is 8.42 Å². The molecule has 0 aliphatic carbocycles. The minimum Gasteiger partial charge on any atom is -0.374 e. The molecular formula is C14H17ClF3N3O5S. The van der Waals surface area contributed by atoms with E-state index in [1.54, 1.807) is 5.32 Å². The fourth-order valence-corrected chi connectivity index (χ4v) is 3.19. The Morgan fingerprint density at radius 1 is 1.30 bits per heavy atom. The molecule has 1 atom stereocenters. The minimum absolute atomic E-state index is 0.248. The van der Waals surface area contributed by atoms with Gasteiger partial charge in [-0.15, -0.1) is 0 Å². The lowest BCUT2D eigenvalue weighted by Crippen LogP contribution is -2.52. The Hall–Kier alpha value is -2.05. The van der Waals surface area contributed by atoms with Gasteiger partial charge < -0.3 is 21.5 Å². The molecular weight excluding hydrogens is 415 g/mol. The number of hydrogen-bond acceptors (Lipinski definition) is 6. The predicted molar refractivity (Wildman–Crippen MR) is 92.2 cm³/mol. The molecule has 0 radical (unpaired) electrons. The van der Waals surface area contributed by atoms with Gasteiger partial charge in [0.1, 0.15) is 0 Å². The maximum Gasteiger partial charge on any atom is 0.426 e. The van der Waals surface area contributed by atoms with Crippen LogP contribution in [0.5, 0.6) is 0 Å². The first-order valence-electron chi connectivity index (χ1n) is 7.33. The summed E-state index contributed by atoms with van der Waals surface area (Å²) in [5.41, 5.74) is 0.540. The van der Waals surface area contributed by atoms with Gasteiger partial charge in [-0.3, -0.25) is 9.59 Å². The van der Waals surface area contributed by atoms with E-state index in [4.69, 9.17) is 17.3 Å². The SMILES string of the molecule is CCS(=O)(=O)c1ccc(NC(=O)[C@@](C)(O)C(F)(F)F)c(Cl)c1NCC(N)=O. The molecule has 0 aliphatic heterocycles. The van der Waals surface area contributed by atoms with Crippen molar-refractivity contribution in [2.45, 2.75) is 30.5 Å². The van der Waals surface area contributed by atoms with Crippen molar-refractivity contribution < 1.29 is 36.3 Å². The van der Waals surface area contributed by atoms with Crippen LogP contribution in [0.3, 0.4) is 0 Å². The molecule has 1 rings (SSSR count). The lowest BCUT2D eigenvalue weighted by atomic mass is 10.1. The Balaban J connectivity index is 3.41. The van der Waals surface area contributed by atoms with Crippen LogP contribution in [0.15, 0.2) is 17.0 Å². The molecule has 0 unspecified atom stereocenters. The van der Waals surface area contributed by atoms with E-state index in [9.17, 15) is 36.3 Å². The minimum atomic E-state index is -5.26. The van der Waals surface area contributed by atoms with Gasteiger partial charge in [-0.1, -0.05) is 18.5 Å². The molecule has 0 fully saturated rings. The Kier molecular flexibility index (Phi) is 6.73. The van der Waals surface area contributed by atoms with E-state index in [0.717, 1.165) is 12.1 Å². The molecule has 0 saturated heterocycles. The second-order valence-corrected chi connectivity index (χ2v) is 8.17. The summed E-state index contributed by atoms with van der Waals surface area (Å²) in [7, 11) is -3.84. The zero-order valence-corrected chi connectivity index (χ0v) is 15.7. The maximum absolute atomic E-state index is 12.8. The number of rotatable bonds is 7. The van der Waals surface area contributed by atoms with Crippen LogP contribution in [0.4, 0.5) is 24.5 Å². The summed E-state index contributed by atoms with van der Waals surface area (Å²) >= 11 is 6.01. The topological polar surface area (TPSA) is 139 Å². The summed E-state index contributed by atoms with van der Waals surface area (Å²) < 4.78 is 62.6. The lowest BCUT2D eigenvalue weighted by molar-refractivity contribution is -0.242. The van der Waals surface area contributed by atoms with Crippen LogP contribution in [-0.4, -0.2) is 49.4 Å². The average molecular weight is 432 g/mol. The molecule has 5 N–H and O–H groups in total. The van der Waals surface area contributed by atoms with Crippen LogP contribution < -0.4 is 16.4 Å². The highest BCUT2D eigenvalue weighted by Gasteiger charge is 2.55. The number of hydrogen-bond donors (Lipinski definition) is 4. The number of anilines is 2. The number of benzene rings is 1. The highest BCUT2D eigenvalue weighted by molar-refractivity contribution is 7.91. The lowest BCUT2D eigenvalue weighted by Gasteiger charge is -2.25. The van der Waals surface area contributed by atoms with Crippen molar-refractivity contribution in [2.24, 2.45) is 5.73 Å². The van der Waals surface area contributed by atoms with E-state index >= 15 is 0 Å². The van der Waals surface area contributed by atoms with E-state index in [1.165, 1.54) is 6.92 Å². The fourth-order valence-electron chi connectivity index (χ4n) is 1.78. The van der Waals surface area contributed by atoms with Gasteiger partial charge in [-0.05, 0) is 19.1 Å². The van der Waals surface area contributed by atoms with Gasteiger partial charge in [0.15, 0.2) is 9.84 Å². The zero-order valence-electron chi connectivity index (χ0n) is 14.1. The third-order valence-electron chi connectivity index (χ3n) is 3.50. The summed E-state index contributed by atoms with van der Waals surface area (Å²) in [6, 6.07) is 1.95. The predicted octanol–water partition coefficient (Wildman–Crippen LogP) is 1.28. The van der Waals surface area contributed by atoms with Crippen molar-refractivity contribution in [2.75, 3.05) is 22.9 Å². The van der Waals surface area contributed by atoms with Gasteiger partial charge in [-0.2, -0.15) is 13.2 Å². The molecule has 2 amide bonds. The molecule has 1 aromatic rings. The third kappa shape index (κ3) is 5.02. The van der Waals surface area contributed by atoms with E-state index in [-0.39, 0.29) is 23.3 Å². The Bertz CT molecular complexity index is 856. The molecule has 0 aliphatic rings. The third-order valence-corrected chi connectivity index (χ3v) is 5.66. The Morgan fingerprint density at radius 2 is 1.85 bits per heavy atom. The monoisotopic (exact) mass is 431 g/mol. The smallest absolute Gasteiger partial charge is 0.374 e. The van der Waals surface area contributed by atoms with Gasteiger partial charge in [0.05, 0.1) is 33.6 Å². The molecule has 152 valence electrons. The average Bonchev–Trinajstić information content (AvgIpc) is 2.53. The molecule has 0 heterocycles. The standard InChI is InChI=1S/C14H17ClF3N3O5S/c1-3-27(25,26)8-5-4-7(10(15)11(8)20-6-9(19)22)21-12(23)13(2,24)14(16,17)18/h4-5,20,24H,3,6H2,1-2H3,(H2,19,22)(H,21,23)/t13-/m1/s1. The van der Waals surface area contributed by atoms with Crippen LogP contribution in [0.2, 0.25) is 5.02 Å². The molecule has 1 aromatic carbocycles. The summed E-state index contributed by atoms with van der Waals surface area (Å²) in [6.45, 7) is 1.07. The first-order chi connectivity index (χ1) is 12.1.